The summed E-state index contributed by atoms with van der Waals surface area (Å²) in [6.45, 7) is 0.405. The van der Waals surface area contributed by atoms with Crippen molar-refractivity contribution in [3.63, 3.8) is 0 Å². The van der Waals surface area contributed by atoms with Gasteiger partial charge in [-0.15, -0.1) is 0 Å². The van der Waals surface area contributed by atoms with Crippen molar-refractivity contribution in [2.45, 2.75) is 19.0 Å². The van der Waals surface area contributed by atoms with E-state index in [-0.39, 0.29) is 0 Å². The maximum atomic E-state index is 11.2. The zero-order valence-corrected chi connectivity index (χ0v) is 14.6. The highest BCUT2D eigenvalue weighted by molar-refractivity contribution is 9.10. The van der Waals surface area contributed by atoms with Crippen molar-refractivity contribution in [2.75, 3.05) is 12.0 Å². The van der Waals surface area contributed by atoms with E-state index in [0.717, 1.165) is 27.3 Å². The number of rotatable bonds is 8. The third kappa shape index (κ3) is 4.90. The van der Waals surface area contributed by atoms with Gasteiger partial charge in [0.1, 0.15) is 17.6 Å². The molecule has 1 aromatic carbocycles. The van der Waals surface area contributed by atoms with Gasteiger partial charge in [-0.05, 0) is 42.7 Å². The highest BCUT2D eigenvalue weighted by Gasteiger charge is 2.16. The number of furan rings is 1. The Bertz CT molecular complexity index is 612. The number of carboxylic acid groups (broad SMARTS) is 1. The van der Waals surface area contributed by atoms with E-state index in [1.165, 1.54) is 0 Å². The molecule has 0 aliphatic rings. The van der Waals surface area contributed by atoms with E-state index in [2.05, 4.69) is 21.2 Å². The van der Waals surface area contributed by atoms with Gasteiger partial charge in [-0.2, -0.15) is 11.8 Å². The Balaban J connectivity index is 1.96. The monoisotopic (exact) mass is 383 g/mol. The van der Waals surface area contributed by atoms with Crippen LogP contribution in [-0.2, 0) is 11.3 Å². The number of halogens is 1. The topological polar surface area (TPSA) is 62.5 Å². The molecule has 6 heteroatoms. The molecule has 0 amide bonds. The van der Waals surface area contributed by atoms with Crippen LogP contribution in [0.15, 0.2) is 45.3 Å². The van der Waals surface area contributed by atoms with Gasteiger partial charge >= 0.3 is 5.97 Å². The second-order valence-electron chi connectivity index (χ2n) is 4.83. The number of hydrogen-bond donors (Lipinski definition) is 2. The van der Waals surface area contributed by atoms with Crippen molar-refractivity contribution in [1.82, 2.24) is 5.32 Å². The average molecular weight is 384 g/mol. The lowest BCUT2D eigenvalue weighted by molar-refractivity contribution is -0.139. The summed E-state index contributed by atoms with van der Waals surface area (Å²) in [6, 6.07) is 11.1. The number of carboxylic acids is 1. The lowest BCUT2D eigenvalue weighted by atomic mass is 10.2. The maximum absolute atomic E-state index is 11.2. The SMILES string of the molecule is CSCC[C@H](NCc1ccc(-c2ccc(Br)cc2)o1)C(=O)O. The Hall–Kier alpha value is -1.24. The molecular formula is C16H18BrNO3S. The van der Waals surface area contributed by atoms with Crippen molar-refractivity contribution in [3.8, 4) is 11.3 Å². The Kier molecular flexibility index (Phi) is 6.54. The van der Waals surface area contributed by atoms with Crippen molar-refractivity contribution in [2.24, 2.45) is 0 Å². The zero-order chi connectivity index (χ0) is 15.9. The molecule has 22 heavy (non-hydrogen) atoms. The van der Waals surface area contributed by atoms with Crippen molar-refractivity contribution < 1.29 is 14.3 Å². The molecule has 0 radical (unpaired) electrons. The average Bonchev–Trinajstić information content (AvgIpc) is 2.96. The van der Waals surface area contributed by atoms with Crippen LogP contribution in [0, 0.1) is 0 Å². The third-order valence-corrected chi connectivity index (χ3v) is 4.39. The standard InChI is InChI=1S/C16H18BrNO3S/c1-22-9-8-14(16(19)20)18-10-13-6-7-15(21-13)11-2-4-12(17)5-3-11/h2-7,14,18H,8-10H2,1H3,(H,19,20)/t14-/m0/s1. The van der Waals surface area contributed by atoms with Crippen LogP contribution < -0.4 is 5.32 Å². The molecule has 2 aromatic rings. The molecule has 1 heterocycles. The fourth-order valence-electron chi connectivity index (χ4n) is 2.01. The minimum absolute atomic E-state index is 0.405. The largest absolute Gasteiger partial charge is 0.480 e. The van der Waals surface area contributed by atoms with E-state index in [0.29, 0.717) is 13.0 Å². The van der Waals surface area contributed by atoms with Crippen LogP contribution in [0.1, 0.15) is 12.2 Å². The van der Waals surface area contributed by atoms with E-state index in [4.69, 9.17) is 4.42 Å². The molecule has 0 spiro atoms. The van der Waals surface area contributed by atoms with E-state index >= 15 is 0 Å². The molecule has 0 unspecified atom stereocenters. The molecule has 2 N–H and O–H groups in total. The molecule has 1 aromatic heterocycles. The molecule has 0 aliphatic carbocycles. The number of aliphatic carboxylic acids is 1. The Morgan fingerprint density at radius 1 is 1.32 bits per heavy atom. The van der Waals surface area contributed by atoms with Gasteiger partial charge in [0.05, 0.1) is 6.54 Å². The van der Waals surface area contributed by atoms with Gasteiger partial charge in [0.2, 0.25) is 0 Å². The third-order valence-electron chi connectivity index (χ3n) is 3.22. The number of carbonyl (C=O) groups is 1. The Morgan fingerprint density at radius 3 is 2.68 bits per heavy atom. The fraction of sp³-hybridized carbons (Fsp3) is 0.312. The summed E-state index contributed by atoms with van der Waals surface area (Å²) in [6.07, 6.45) is 2.56. The van der Waals surface area contributed by atoms with Crippen LogP contribution in [0.3, 0.4) is 0 Å². The van der Waals surface area contributed by atoms with Crippen molar-refractivity contribution >= 4 is 33.7 Å². The normalized spacial score (nSPS) is 12.3. The summed E-state index contributed by atoms with van der Waals surface area (Å²) < 4.78 is 6.78. The van der Waals surface area contributed by atoms with Crippen LogP contribution in [0.25, 0.3) is 11.3 Å². The summed E-state index contributed by atoms with van der Waals surface area (Å²) in [5.74, 6) is 1.49. The molecule has 0 aliphatic heterocycles. The first-order valence-electron chi connectivity index (χ1n) is 6.90. The first-order valence-corrected chi connectivity index (χ1v) is 9.08. The molecule has 2 rings (SSSR count). The molecule has 0 fully saturated rings. The van der Waals surface area contributed by atoms with Crippen LogP contribution >= 0.6 is 27.7 Å². The first kappa shape index (κ1) is 17.1. The summed E-state index contributed by atoms with van der Waals surface area (Å²) in [4.78, 5) is 11.2. The fourth-order valence-corrected chi connectivity index (χ4v) is 2.75. The van der Waals surface area contributed by atoms with Crippen molar-refractivity contribution in [1.29, 1.82) is 0 Å². The quantitative estimate of drug-likeness (QED) is 0.720. The van der Waals surface area contributed by atoms with E-state index in [9.17, 15) is 9.90 Å². The lowest BCUT2D eigenvalue weighted by Gasteiger charge is -2.12. The summed E-state index contributed by atoms with van der Waals surface area (Å²) in [5, 5.41) is 12.2. The Labute approximate surface area is 142 Å². The molecule has 4 nitrogen and oxygen atoms in total. The number of hydrogen-bond acceptors (Lipinski definition) is 4. The van der Waals surface area contributed by atoms with Gasteiger partial charge in [0, 0.05) is 10.0 Å². The molecule has 118 valence electrons. The van der Waals surface area contributed by atoms with Crippen molar-refractivity contribution in [3.05, 3.63) is 46.6 Å². The second kappa shape index (κ2) is 8.41. The van der Waals surface area contributed by atoms with E-state index < -0.39 is 12.0 Å². The van der Waals surface area contributed by atoms with Crippen LogP contribution in [0.4, 0.5) is 0 Å². The zero-order valence-electron chi connectivity index (χ0n) is 12.2. The minimum atomic E-state index is -0.825. The van der Waals surface area contributed by atoms with Gasteiger partial charge in [-0.25, -0.2) is 0 Å². The summed E-state index contributed by atoms with van der Waals surface area (Å²) in [5.41, 5.74) is 0.992. The predicted molar refractivity (Wildman–Crippen MR) is 93.1 cm³/mol. The summed E-state index contributed by atoms with van der Waals surface area (Å²) in [7, 11) is 0. The number of benzene rings is 1. The number of nitrogens with one attached hydrogen (secondary N) is 1. The van der Waals surface area contributed by atoms with Gasteiger partial charge in [-0.3, -0.25) is 10.1 Å². The number of thioether (sulfide) groups is 1. The molecule has 0 bridgehead atoms. The highest BCUT2D eigenvalue weighted by atomic mass is 79.9. The van der Waals surface area contributed by atoms with Gasteiger partial charge < -0.3 is 9.52 Å². The molecule has 0 saturated heterocycles. The van der Waals surface area contributed by atoms with Crippen LogP contribution in [-0.4, -0.2) is 29.1 Å². The van der Waals surface area contributed by atoms with Gasteiger partial charge in [-0.1, -0.05) is 28.1 Å². The van der Waals surface area contributed by atoms with Gasteiger partial charge in [0.25, 0.3) is 0 Å². The smallest absolute Gasteiger partial charge is 0.320 e. The van der Waals surface area contributed by atoms with E-state index in [1.54, 1.807) is 11.8 Å². The van der Waals surface area contributed by atoms with Crippen LogP contribution in [0.2, 0.25) is 0 Å². The van der Waals surface area contributed by atoms with Gasteiger partial charge in [0.15, 0.2) is 0 Å². The first-order chi connectivity index (χ1) is 10.6. The Morgan fingerprint density at radius 2 is 2.05 bits per heavy atom. The van der Waals surface area contributed by atoms with E-state index in [1.807, 2.05) is 42.7 Å². The highest BCUT2D eigenvalue weighted by Crippen LogP contribution is 2.24. The minimum Gasteiger partial charge on any atom is -0.480 e. The molecule has 0 saturated carbocycles. The summed E-state index contributed by atoms with van der Waals surface area (Å²) >= 11 is 5.04. The molecular weight excluding hydrogens is 366 g/mol. The molecule has 1 atom stereocenters. The maximum Gasteiger partial charge on any atom is 0.320 e. The predicted octanol–water partition coefficient (Wildman–Crippen LogP) is 4.01. The second-order valence-corrected chi connectivity index (χ2v) is 6.73. The van der Waals surface area contributed by atoms with Crippen LogP contribution in [0.5, 0.6) is 0 Å². The lowest BCUT2D eigenvalue weighted by Crippen LogP contribution is -2.36.